The fourth-order valence-corrected chi connectivity index (χ4v) is 1.73. The number of ether oxygens (including phenoxy) is 1. The van der Waals surface area contributed by atoms with E-state index in [1.807, 2.05) is 0 Å². The van der Waals surface area contributed by atoms with Crippen molar-refractivity contribution < 1.29 is 18.7 Å². The van der Waals surface area contributed by atoms with Crippen LogP contribution in [-0.2, 0) is 16.1 Å². The van der Waals surface area contributed by atoms with Crippen molar-refractivity contribution in [2.45, 2.75) is 32.9 Å². The van der Waals surface area contributed by atoms with Crippen LogP contribution in [0, 0.1) is 5.82 Å². The highest BCUT2D eigenvalue weighted by molar-refractivity contribution is 6.30. The molecule has 1 rings (SSSR count). The van der Waals surface area contributed by atoms with Crippen LogP contribution in [0.2, 0.25) is 5.02 Å². The lowest BCUT2D eigenvalue weighted by Gasteiger charge is -2.24. The summed E-state index contributed by atoms with van der Waals surface area (Å²) in [5.74, 6) is -0.866. The number of halogens is 2. The molecule has 0 spiro atoms. The Hall–Kier alpha value is -1.82. The van der Waals surface area contributed by atoms with Crippen molar-refractivity contribution in [1.29, 1.82) is 0 Å². The number of nitrogens with zero attached hydrogens (tertiary/aromatic N) is 1. The Morgan fingerprint density at radius 1 is 1.36 bits per heavy atom. The first-order valence-electron chi connectivity index (χ1n) is 6.73. The maximum atomic E-state index is 13.0. The summed E-state index contributed by atoms with van der Waals surface area (Å²) in [6.07, 6.45) is -0.576. The van der Waals surface area contributed by atoms with E-state index in [4.69, 9.17) is 16.3 Å². The quantitative estimate of drug-likeness (QED) is 0.923. The van der Waals surface area contributed by atoms with Gasteiger partial charge >= 0.3 is 6.09 Å². The first kappa shape index (κ1) is 18.2. The predicted octanol–water partition coefficient (Wildman–Crippen LogP) is 2.96. The molecule has 122 valence electrons. The molecule has 0 bridgehead atoms. The maximum Gasteiger partial charge on any atom is 0.410 e. The Balaban J connectivity index is 2.45. The largest absolute Gasteiger partial charge is 0.444 e. The molecule has 1 aromatic rings. The van der Waals surface area contributed by atoms with Gasteiger partial charge in [-0.25, -0.2) is 9.18 Å². The fraction of sp³-hybridized carbons (Fsp3) is 0.467. The molecule has 5 nitrogen and oxygen atoms in total. The lowest BCUT2D eigenvalue weighted by atomic mass is 10.2. The van der Waals surface area contributed by atoms with Crippen LogP contribution in [-0.4, -0.2) is 36.1 Å². The van der Waals surface area contributed by atoms with Crippen LogP contribution in [0.1, 0.15) is 26.3 Å². The molecule has 0 aromatic heterocycles. The van der Waals surface area contributed by atoms with Gasteiger partial charge in [-0.3, -0.25) is 4.79 Å². The molecule has 0 saturated heterocycles. The summed E-state index contributed by atoms with van der Waals surface area (Å²) >= 11 is 5.66. The summed E-state index contributed by atoms with van der Waals surface area (Å²) in [5, 5.41) is 2.62. The van der Waals surface area contributed by atoms with Gasteiger partial charge in [-0.2, -0.15) is 0 Å². The number of amides is 2. The van der Waals surface area contributed by atoms with E-state index in [-0.39, 0.29) is 24.0 Å². The molecule has 2 amide bonds. The first-order chi connectivity index (χ1) is 10.1. The molecule has 0 aliphatic carbocycles. The van der Waals surface area contributed by atoms with Crippen molar-refractivity contribution in [2.24, 2.45) is 0 Å². The van der Waals surface area contributed by atoms with Crippen molar-refractivity contribution >= 4 is 23.6 Å². The molecule has 0 saturated carbocycles. The van der Waals surface area contributed by atoms with Gasteiger partial charge in [0.2, 0.25) is 5.91 Å². The number of benzene rings is 1. The fourth-order valence-electron chi connectivity index (χ4n) is 1.53. The highest BCUT2D eigenvalue weighted by atomic mass is 35.5. The second kappa shape index (κ2) is 7.45. The average Bonchev–Trinajstić information content (AvgIpc) is 2.38. The van der Waals surface area contributed by atoms with Crippen LogP contribution < -0.4 is 5.32 Å². The van der Waals surface area contributed by atoms with Crippen molar-refractivity contribution in [1.82, 2.24) is 10.2 Å². The smallest absolute Gasteiger partial charge is 0.410 e. The van der Waals surface area contributed by atoms with Gasteiger partial charge in [0, 0.05) is 13.6 Å². The number of carbonyl (C=O) groups excluding carboxylic acids is 2. The molecule has 0 aliphatic rings. The Kier molecular flexibility index (Phi) is 6.17. The molecule has 0 atom stereocenters. The molecule has 1 aromatic carbocycles. The van der Waals surface area contributed by atoms with Crippen LogP contribution in [0.25, 0.3) is 0 Å². The summed E-state index contributed by atoms with van der Waals surface area (Å²) in [6.45, 7) is 5.30. The zero-order chi connectivity index (χ0) is 16.9. The van der Waals surface area contributed by atoms with Gasteiger partial charge in [-0.1, -0.05) is 17.7 Å². The molecule has 0 heterocycles. The van der Waals surface area contributed by atoms with Crippen LogP contribution in [0.3, 0.4) is 0 Å². The van der Waals surface area contributed by atoms with E-state index in [2.05, 4.69) is 5.32 Å². The molecule has 7 heteroatoms. The molecular weight excluding hydrogens is 311 g/mol. The van der Waals surface area contributed by atoms with E-state index in [9.17, 15) is 14.0 Å². The summed E-state index contributed by atoms with van der Waals surface area (Å²) in [7, 11) is 1.47. The van der Waals surface area contributed by atoms with Gasteiger partial charge in [0.25, 0.3) is 0 Å². The number of rotatable bonds is 4. The summed E-state index contributed by atoms with van der Waals surface area (Å²) in [6, 6.07) is 4.20. The third-order valence-corrected chi connectivity index (χ3v) is 2.85. The minimum Gasteiger partial charge on any atom is -0.444 e. The second-order valence-electron chi connectivity index (χ2n) is 5.86. The van der Waals surface area contributed by atoms with Crippen LogP contribution in [0.15, 0.2) is 18.2 Å². The Labute approximate surface area is 134 Å². The summed E-state index contributed by atoms with van der Waals surface area (Å²) in [4.78, 5) is 24.7. The van der Waals surface area contributed by atoms with Gasteiger partial charge in [0.15, 0.2) is 0 Å². The predicted molar refractivity (Wildman–Crippen MR) is 82.1 cm³/mol. The van der Waals surface area contributed by atoms with Crippen LogP contribution >= 0.6 is 11.6 Å². The Bertz CT molecular complexity index is 558. The van der Waals surface area contributed by atoms with E-state index in [1.54, 1.807) is 20.8 Å². The zero-order valence-electron chi connectivity index (χ0n) is 13.1. The highest BCUT2D eigenvalue weighted by Gasteiger charge is 2.20. The third kappa shape index (κ3) is 6.30. The second-order valence-corrected chi connectivity index (χ2v) is 6.27. The number of hydrogen-bond acceptors (Lipinski definition) is 3. The normalized spacial score (nSPS) is 11.0. The van der Waals surface area contributed by atoms with Gasteiger partial charge in [-0.05, 0) is 38.5 Å². The minimum atomic E-state index is -0.618. The van der Waals surface area contributed by atoms with Gasteiger partial charge in [0.05, 0.1) is 5.02 Å². The average molecular weight is 331 g/mol. The van der Waals surface area contributed by atoms with E-state index in [1.165, 1.54) is 30.1 Å². The topological polar surface area (TPSA) is 58.6 Å². The minimum absolute atomic E-state index is 0.00220. The van der Waals surface area contributed by atoms with Crippen molar-refractivity contribution in [3.63, 3.8) is 0 Å². The SMILES string of the molecule is CN(CC(=O)NCc1ccc(F)c(Cl)c1)C(=O)OC(C)(C)C. The molecule has 0 fully saturated rings. The number of carbonyl (C=O) groups is 2. The summed E-state index contributed by atoms with van der Waals surface area (Å²) in [5.41, 5.74) is 0.0480. The van der Waals surface area contributed by atoms with E-state index in [0.717, 1.165) is 0 Å². The van der Waals surface area contributed by atoms with E-state index >= 15 is 0 Å². The van der Waals surface area contributed by atoms with Crippen molar-refractivity contribution in [3.8, 4) is 0 Å². The Morgan fingerprint density at radius 2 is 2.00 bits per heavy atom. The van der Waals surface area contributed by atoms with E-state index < -0.39 is 17.5 Å². The molecular formula is C15H20ClFN2O3. The lowest BCUT2D eigenvalue weighted by Crippen LogP contribution is -2.40. The number of likely N-dealkylation sites (N-methyl/N-ethyl adjacent to an activating group) is 1. The zero-order valence-corrected chi connectivity index (χ0v) is 13.8. The monoisotopic (exact) mass is 330 g/mol. The molecule has 1 N–H and O–H groups in total. The number of nitrogens with one attached hydrogen (secondary N) is 1. The van der Waals surface area contributed by atoms with Crippen molar-refractivity contribution in [3.05, 3.63) is 34.6 Å². The molecule has 0 radical (unpaired) electrons. The van der Waals surface area contributed by atoms with Gasteiger partial charge < -0.3 is 15.0 Å². The highest BCUT2D eigenvalue weighted by Crippen LogP contribution is 2.15. The standard InChI is InChI=1S/C15H20ClFN2O3/c1-15(2,3)22-14(21)19(4)9-13(20)18-8-10-5-6-12(17)11(16)7-10/h5-7H,8-9H2,1-4H3,(H,18,20). The molecule has 22 heavy (non-hydrogen) atoms. The number of hydrogen-bond donors (Lipinski definition) is 1. The maximum absolute atomic E-state index is 13.0. The van der Waals surface area contributed by atoms with Gasteiger partial charge in [-0.15, -0.1) is 0 Å². The lowest BCUT2D eigenvalue weighted by molar-refractivity contribution is -0.122. The van der Waals surface area contributed by atoms with E-state index in [0.29, 0.717) is 5.56 Å². The van der Waals surface area contributed by atoms with Crippen LogP contribution in [0.5, 0.6) is 0 Å². The third-order valence-electron chi connectivity index (χ3n) is 2.56. The van der Waals surface area contributed by atoms with Crippen molar-refractivity contribution in [2.75, 3.05) is 13.6 Å². The Morgan fingerprint density at radius 3 is 2.55 bits per heavy atom. The van der Waals surface area contributed by atoms with Gasteiger partial charge in [0.1, 0.15) is 18.0 Å². The molecule has 0 aliphatic heterocycles. The van der Waals surface area contributed by atoms with Crippen LogP contribution in [0.4, 0.5) is 9.18 Å². The molecule has 0 unspecified atom stereocenters. The first-order valence-corrected chi connectivity index (χ1v) is 7.11. The summed E-state index contributed by atoms with van der Waals surface area (Å²) < 4.78 is 18.2.